The van der Waals surface area contributed by atoms with E-state index in [9.17, 15) is 13.2 Å². The van der Waals surface area contributed by atoms with E-state index in [0.29, 0.717) is 11.1 Å². The van der Waals surface area contributed by atoms with Crippen molar-refractivity contribution in [3.05, 3.63) is 101 Å². The van der Waals surface area contributed by atoms with Gasteiger partial charge in [-0.1, -0.05) is 80.1 Å². The molecule has 150 valence electrons. The van der Waals surface area contributed by atoms with E-state index in [0.717, 1.165) is 11.1 Å². The molecule has 0 amide bonds. The molecule has 3 rings (SSSR count). The molecule has 0 bridgehead atoms. The highest BCUT2D eigenvalue weighted by molar-refractivity contribution is 7.86. The number of carbonyl (C=O) groups excluding carboxylic acids is 1. The molecule has 0 spiro atoms. The van der Waals surface area contributed by atoms with Gasteiger partial charge in [0, 0.05) is 16.5 Å². The van der Waals surface area contributed by atoms with Gasteiger partial charge in [-0.05, 0) is 30.7 Å². The van der Waals surface area contributed by atoms with E-state index in [4.69, 9.17) is 4.18 Å². The van der Waals surface area contributed by atoms with Crippen LogP contribution in [0.5, 0.6) is 0 Å². The maximum atomic E-state index is 12.7. The van der Waals surface area contributed by atoms with Crippen molar-refractivity contribution in [3.63, 3.8) is 0 Å². The van der Waals surface area contributed by atoms with Crippen LogP contribution in [0.1, 0.15) is 40.9 Å². The van der Waals surface area contributed by atoms with Crippen LogP contribution in [-0.2, 0) is 19.7 Å². The highest BCUT2D eigenvalue weighted by Crippen LogP contribution is 2.27. The number of hydrogen-bond donors (Lipinski definition) is 0. The summed E-state index contributed by atoms with van der Waals surface area (Å²) in [5.41, 5.74) is 2.37. The Bertz CT molecular complexity index is 1100. The van der Waals surface area contributed by atoms with Crippen molar-refractivity contribution >= 4 is 15.9 Å². The first-order valence-corrected chi connectivity index (χ1v) is 10.8. The van der Waals surface area contributed by atoms with Crippen LogP contribution in [0.15, 0.2) is 83.8 Å². The molecule has 0 aliphatic carbocycles. The Kier molecular flexibility index (Phi) is 6.01. The van der Waals surface area contributed by atoms with Gasteiger partial charge in [0.2, 0.25) is 0 Å². The highest BCUT2D eigenvalue weighted by Gasteiger charge is 2.26. The smallest absolute Gasteiger partial charge is 0.289 e. The van der Waals surface area contributed by atoms with Crippen LogP contribution < -0.4 is 0 Å². The molecule has 0 N–H and O–H groups in total. The number of rotatable bonds is 7. The molecule has 4 nitrogen and oxygen atoms in total. The predicted molar refractivity (Wildman–Crippen MR) is 114 cm³/mol. The summed E-state index contributed by atoms with van der Waals surface area (Å²) in [7, 11) is -3.85. The topological polar surface area (TPSA) is 60.4 Å². The molecule has 29 heavy (non-hydrogen) atoms. The number of aryl methyl sites for hydroxylation is 1. The maximum absolute atomic E-state index is 12.7. The first-order chi connectivity index (χ1) is 13.7. The summed E-state index contributed by atoms with van der Waals surface area (Å²) in [6.45, 7) is 5.64. The summed E-state index contributed by atoms with van der Waals surface area (Å²) in [6.07, 6.45) is 0. The number of carbonyl (C=O) groups is 1. The van der Waals surface area contributed by atoms with Crippen LogP contribution in [0.4, 0.5) is 0 Å². The zero-order chi connectivity index (χ0) is 21.1. The SMILES string of the molecule is Cc1ccc(S(=O)(=O)OCC(C)(C)c2cccc(C(=O)c3ccccc3)c2)cc1. The summed E-state index contributed by atoms with van der Waals surface area (Å²) < 4.78 is 30.4. The number of ketones is 1. The van der Waals surface area contributed by atoms with Gasteiger partial charge in [0.15, 0.2) is 5.78 Å². The molecular weight excluding hydrogens is 384 g/mol. The van der Waals surface area contributed by atoms with Crippen LogP contribution in [0, 0.1) is 6.92 Å². The Morgan fingerprint density at radius 1 is 0.862 bits per heavy atom. The van der Waals surface area contributed by atoms with Gasteiger partial charge < -0.3 is 0 Å². The lowest BCUT2D eigenvalue weighted by molar-refractivity contribution is 0.103. The molecule has 0 saturated heterocycles. The molecule has 0 unspecified atom stereocenters. The van der Waals surface area contributed by atoms with Crippen molar-refractivity contribution in [2.75, 3.05) is 6.61 Å². The number of benzene rings is 3. The largest absolute Gasteiger partial charge is 0.297 e. The zero-order valence-electron chi connectivity index (χ0n) is 16.8. The molecule has 0 aliphatic heterocycles. The molecule has 0 heterocycles. The normalized spacial score (nSPS) is 12.0. The quantitative estimate of drug-likeness (QED) is 0.412. The third-order valence-electron chi connectivity index (χ3n) is 4.83. The summed E-state index contributed by atoms with van der Waals surface area (Å²) in [6, 6.07) is 22.9. The van der Waals surface area contributed by atoms with E-state index in [1.165, 1.54) is 12.1 Å². The minimum absolute atomic E-state index is 0.0355. The van der Waals surface area contributed by atoms with Crippen molar-refractivity contribution in [2.24, 2.45) is 0 Å². The van der Waals surface area contributed by atoms with Gasteiger partial charge in [-0.2, -0.15) is 8.42 Å². The fourth-order valence-electron chi connectivity index (χ4n) is 2.92. The maximum Gasteiger partial charge on any atom is 0.297 e. The Morgan fingerprint density at radius 2 is 1.48 bits per heavy atom. The molecule has 0 saturated carbocycles. The lowest BCUT2D eigenvalue weighted by Gasteiger charge is -2.25. The highest BCUT2D eigenvalue weighted by atomic mass is 32.2. The van der Waals surface area contributed by atoms with Crippen molar-refractivity contribution in [2.45, 2.75) is 31.1 Å². The molecule has 0 atom stereocenters. The fourth-order valence-corrected chi connectivity index (χ4v) is 3.97. The molecule has 3 aromatic carbocycles. The first-order valence-electron chi connectivity index (χ1n) is 9.35. The lowest BCUT2D eigenvalue weighted by Crippen LogP contribution is -2.26. The van der Waals surface area contributed by atoms with Gasteiger partial charge in [-0.25, -0.2) is 0 Å². The monoisotopic (exact) mass is 408 g/mol. The van der Waals surface area contributed by atoms with Crippen molar-refractivity contribution in [1.29, 1.82) is 0 Å². The summed E-state index contributed by atoms with van der Waals surface area (Å²) >= 11 is 0. The van der Waals surface area contributed by atoms with E-state index in [1.807, 2.05) is 51.1 Å². The van der Waals surface area contributed by atoms with Gasteiger partial charge in [0.05, 0.1) is 11.5 Å². The Labute approximate surface area is 172 Å². The average Bonchev–Trinajstić information content (AvgIpc) is 2.73. The van der Waals surface area contributed by atoms with Gasteiger partial charge in [0.25, 0.3) is 10.1 Å². The van der Waals surface area contributed by atoms with Crippen LogP contribution >= 0.6 is 0 Å². The summed E-state index contributed by atoms with van der Waals surface area (Å²) in [4.78, 5) is 12.9. The Hall–Kier alpha value is -2.76. The van der Waals surface area contributed by atoms with Gasteiger partial charge in [-0.3, -0.25) is 8.98 Å². The summed E-state index contributed by atoms with van der Waals surface area (Å²) in [5.74, 6) is -0.0727. The van der Waals surface area contributed by atoms with Crippen LogP contribution in [0.25, 0.3) is 0 Å². The predicted octanol–water partition coefficient (Wildman–Crippen LogP) is 4.91. The van der Waals surface area contributed by atoms with E-state index < -0.39 is 15.5 Å². The van der Waals surface area contributed by atoms with Crippen LogP contribution in [0.2, 0.25) is 0 Å². The fraction of sp³-hybridized carbons (Fsp3) is 0.208. The third kappa shape index (κ3) is 5.00. The van der Waals surface area contributed by atoms with Gasteiger partial charge in [0.1, 0.15) is 0 Å². The second-order valence-electron chi connectivity index (χ2n) is 7.69. The van der Waals surface area contributed by atoms with Crippen molar-refractivity contribution < 1.29 is 17.4 Å². The number of hydrogen-bond acceptors (Lipinski definition) is 4. The minimum atomic E-state index is -3.85. The zero-order valence-corrected chi connectivity index (χ0v) is 17.6. The van der Waals surface area contributed by atoms with Gasteiger partial charge in [-0.15, -0.1) is 0 Å². The lowest BCUT2D eigenvalue weighted by atomic mass is 9.84. The van der Waals surface area contributed by atoms with E-state index in [1.54, 1.807) is 36.4 Å². The molecule has 0 aromatic heterocycles. The van der Waals surface area contributed by atoms with Crippen LogP contribution in [-0.4, -0.2) is 20.8 Å². The second-order valence-corrected chi connectivity index (χ2v) is 9.30. The molecule has 0 radical (unpaired) electrons. The van der Waals surface area contributed by atoms with Crippen LogP contribution in [0.3, 0.4) is 0 Å². The third-order valence-corrected chi connectivity index (χ3v) is 6.10. The van der Waals surface area contributed by atoms with Crippen molar-refractivity contribution in [1.82, 2.24) is 0 Å². The van der Waals surface area contributed by atoms with E-state index >= 15 is 0 Å². The Balaban J connectivity index is 1.79. The average molecular weight is 409 g/mol. The summed E-state index contributed by atoms with van der Waals surface area (Å²) in [5, 5.41) is 0. The molecule has 0 fully saturated rings. The van der Waals surface area contributed by atoms with Gasteiger partial charge >= 0.3 is 0 Å². The molecule has 5 heteroatoms. The standard InChI is InChI=1S/C24H24O4S/c1-18-12-14-22(15-13-18)29(26,27)28-17-24(2,3)21-11-7-10-20(16-21)23(25)19-8-5-4-6-9-19/h4-16H,17H2,1-3H3. The van der Waals surface area contributed by atoms with E-state index in [2.05, 4.69) is 0 Å². The minimum Gasteiger partial charge on any atom is -0.289 e. The molecule has 3 aromatic rings. The van der Waals surface area contributed by atoms with E-state index in [-0.39, 0.29) is 17.3 Å². The van der Waals surface area contributed by atoms with Crippen molar-refractivity contribution in [3.8, 4) is 0 Å². The second kappa shape index (κ2) is 8.31. The first kappa shape index (κ1) is 21.0. The molecular formula is C24H24O4S. The Morgan fingerprint density at radius 3 is 2.14 bits per heavy atom. The molecule has 0 aliphatic rings.